The SMILES string of the molecule is Cc1cc(NS(=O)(=O)C2CC2)sc1C(=O)O. The van der Waals surface area contributed by atoms with Gasteiger partial charge in [-0.1, -0.05) is 0 Å². The Bertz CT molecular complexity index is 528. The number of aromatic carboxylic acids is 1. The molecule has 2 N–H and O–H groups in total. The third-order valence-corrected chi connectivity index (χ3v) is 5.44. The van der Waals surface area contributed by atoms with Crippen molar-refractivity contribution in [3.05, 3.63) is 16.5 Å². The Morgan fingerprint density at radius 3 is 2.62 bits per heavy atom. The van der Waals surface area contributed by atoms with Crippen LogP contribution in [0.15, 0.2) is 6.07 Å². The van der Waals surface area contributed by atoms with E-state index in [0.29, 0.717) is 23.4 Å². The molecule has 1 fully saturated rings. The smallest absolute Gasteiger partial charge is 0.346 e. The third-order valence-electron chi connectivity index (χ3n) is 2.32. The molecule has 0 spiro atoms. The first-order valence-electron chi connectivity index (χ1n) is 4.75. The number of carbonyl (C=O) groups is 1. The number of carboxylic acid groups (broad SMARTS) is 1. The monoisotopic (exact) mass is 261 g/mol. The van der Waals surface area contributed by atoms with E-state index < -0.39 is 16.0 Å². The van der Waals surface area contributed by atoms with E-state index in [1.807, 2.05) is 0 Å². The van der Waals surface area contributed by atoms with Crippen molar-refractivity contribution in [1.82, 2.24) is 0 Å². The summed E-state index contributed by atoms with van der Waals surface area (Å²) in [6.45, 7) is 1.65. The van der Waals surface area contributed by atoms with Gasteiger partial charge in [0.1, 0.15) is 9.88 Å². The number of sulfonamides is 1. The van der Waals surface area contributed by atoms with Crippen molar-refractivity contribution in [3.63, 3.8) is 0 Å². The van der Waals surface area contributed by atoms with Gasteiger partial charge in [0.05, 0.1) is 5.25 Å². The van der Waals surface area contributed by atoms with Crippen LogP contribution < -0.4 is 4.72 Å². The van der Waals surface area contributed by atoms with Gasteiger partial charge in [-0.15, -0.1) is 11.3 Å². The lowest BCUT2D eigenvalue weighted by molar-refractivity contribution is 0.0701. The molecule has 0 bridgehead atoms. The zero-order chi connectivity index (χ0) is 11.9. The van der Waals surface area contributed by atoms with Crippen LogP contribution in [-0.2, 0) is 10.0 Å². The molecule has 0 radical (unpaired) electrons. The minimum atomic E-state index is -3.30. The van der Waals surface area contributed by atoms with Crippen molar-refractivity contribution in [2.45, 2.75) is 25.0 Å². The maximum atomic E-state index is 11.6. The average Bonchev–Trinajstić information content (AvgIpc) is 2.91. The van der Waals surface area contributed by atoms with Gasteiger partial charge in [-0.2, -0.15) is 0 Å². The Morgan fingerprint density at radius 1 is 1.56 bits per heavy atom. The highest BCUT2D eigenvalue weighted by molar-refractivity contribution is 7.93. The normalized spacial score (nSPS) is 16.1. The van der Waals surface area contributed by atoms with Gasteiger partial charge >= 0.3 is 5.97 Å². The molecule has 88 valence electrons. The maximum Gasteiger partial charge on any atom is 0.346 e. The van der Waals surface area contributed by atoms with Crippen molar-refractivity contribution >= 4 is 32.3 Å². The third kappa shape index (κ3) is 2.19. The molecule has 0 atom stereocenters. The Labute approximate surface area is 97.2 Å². The molecule has 2 rings (SSSR count). The zero-order valence-corrected chi connectivity index (χ0v) is 10.2. The second kappa shape index (κ2) is 3.74. The molecular weight excluding hydrogens is 250 g/mol. The molecule has 1 saturated carbocycles. The molecule has 1 aromatic heterocycles. The summed E-state index contributed by atoms with van der Waals surface area (Å²) in [6.07, 6.45) is 1.37. The molecule has 1 aliphatic carbocycles. The predicted octanol–water partition coefficient (Wildman–Crippen LogP) is 1.66. The highest BCUT2D eigenvalue weighted by Gasteiger charge is 2.36. The van der Waals surface area contributed by atoms with E-state index in [0.717, 1.165) is 11.3 Å². The first-order chi connectivity index (χ1) is 7.40. The zero-order valence-electron chi connectivity index (χ0n) is 8.56. The van der Waals surface area contributed by atoms with E-state index in [9.17, 15) is 13.2 Å². The van der Waals surface area contributed by atoms with Crippen molar-refractivity contribution < 1.29 is 18.3 Å². The van der Waals surface area contributed by atoms with Gasteiger partial charge in [0.2, 0.25) is 10.0 Å². The number of rotatable bonds is 4. The van der Waals surface area contributed by atoms with Gasteiger partial charge in [-0.25, -0.2) is 13.2 Å². The predicted molar refractivity (Wildman–Crippen MR) is 61.6 cm³/mol. The molecule has 5 nitrogen and oxygen atoms in total. The molecular formula is C9H11NO4S2. The quantitative estimate of drug-likeness (QED) is 0.863. The van der Waals surface area contributed by atoms with Crippen LogP contribution in [0, 0.1) is 6.92 Å². The fourth-order valence-electron chi connectivity index (χ4n) is 1.35. The van der Waals surface area contributed by atoms with Crippen LogP contribution in [0.25, 0.3) is 0 Å². The number of carboxylic acids is 1. The standard InChI is InChI=1S/C9H11NO4S2/c1-5-4-7(15-8(5)9(11)12)10-16(13,14)6-2-3-6/h4,6,10H,2-3H2,1H3,(H,11,12). The topological polar surface area (TPSA) is 83.5 Å². The summed E-state index contributed by atoms with van der Waals surface area (Å²) in [6, 6.07) is 1.55. The van der Waals surface area contributed by atoms with Crippen LogP contribution in [0.4, 0.5) is 5.00 Å². The van der Waals surface area contributed by atoms with Crippen LogP contribution in [0.2, 0.25) is 0 Å². The number of hydrogen-bond acceptors (Lipinski definition) is 4. The van der Waals surface area contributed by atoms with Gasteiger partial charge in [-0.3, -0.25) is 4.72 Å². The van der Waals surface area contributed by atoms with Gasteiger partial charge in [0, 0.05) is 0 Å². The first kappa shape index (κ1) is 11.4. The summed E-state index contributed by atoms with van der Waals surface area (Å²) in [5, 5.41) is 8.91. The van der Waals surface area contributed by atoms with E-state index in [2.05, 4.69) is 4.72 Å². The second-order valence-corrected chi connectivity index (χ2v) is 6.79. The Morgan fingerprint density at radius 2 is 2.19 bits per heavy atom. The maximum absolute atomic E-state index is 11.6. The molecule has 1 aromatic rings. The number of thiophene rings is 1. The molecule has 7 heteroatoms. The molecule has 0 saturated heterocycles. The first-order valence-corrected chi connectivity index (χ1v) is 7.12. The lowest BCUT2D eigenvalue weighted by atomic mass is 10.3. The van der Waals surface area contributed by atoms with Crippen molar-refractivity contribution in [2.75, 3.05) is 4.72 Å². The van der Waals surface area contributed by atoms with Crippen LogP contribution in [-0.4, -0.2) is 24.7 Å². The minimum absolute atomic E-state index is 0.175. The van der Waals surface area contributed by atoms with Crippen molar-refractivity contribution in [2.24, 2.45) is 0 Å². The van der Waals surface area contributed by atoms with E-state index >= 15 is 0 Å². The largest absolute Gasteiger partial charge is 0.477 e. The van der Waals surface area contributed by atoms with E-state index in [1.54, 1.807) is 13.0 Å². The number of nitrogens with one attached hydrogen (secondary N) is 1. The van der Waals surface area contributed by atoms with E-state index in [4.69, 9.17) is 5.11 Å². The highest BCUT2D eigenvalue weighted by atomic mass is 32.2. The van der Waals surface area contributed by atoms with Gasteiger partial charge in [-0.05, 0) is 31.4 Å². The minimum Gasteiger partial charge on any atom is -0.477 e. The Balaban J connectivity index is 2.22. The summed E-state index contributed by atoms with van der Waals surface area (Å²) in [4.78, 5) is 11.0. The average molecular weight is 261 g/mol. The van der Waals surface area contributed by atoms with Gasteiger partial charge < -0.3 is 5.11 Å². The molecule has 0 amide bonds. The van der Waals surface area contributed by atoms with Crippen LogP contribution in [0.5, 0.6) is 0 Å². The van der Waals surface area contributed by atoms with Crippen LogP contribution in [0.3, 0.4) is 0 Å². The Hall–Kier alpha value is -1.08. The number of hydrogen-bond donors (Lipinski definition) is 2. The summed E-state index contributed by atoms with van der Waals surface area (Å²) >= 11 is 0.950. The molecule has 1 heterocycles. The number of anilines is 1. The summed E-state index contributed by atoms with van der Waals surface area (Å²) in [5.74, 6) is -1.03. The van der Waals surface area contributed by atoms with Crippen molar-refractivity contribution in [1.29, 1.82) is 0 Å². The van der Waals surface area contributed by atoms with Crippen LogP contribution >= 0.6 is 11.3 Å². The fraction of sp³-hybridized carbons (Fsp3) is 0.444. The van der Waals surface area contributed by atoms with Crippen LogP contribution in [0.1, 0.15) is 28.1 Å². The molecule has 0 aromatic carbocycles. The lowest BCUT2D eigenvalue weighted by Gasteiger charge is -2.02. The number of aryl methyl sites for hydroxylation is 1. The fourth-order valence-corrected chi connectivity index (χ4v) is 3.89. The van der Waals surface area contributed by atoms with E-state index in [-0.39, 0.29) is 10.1 Å². The lowest BCUT2D eigenvalue weighted by Crippen LogP contribution is -2.16. The second-order valence-electron chi connectivity index (χ2n) is 3.77. The van der Waals surface area contributed by atoms with E-state index in [1.165, 1.54) is 0 Å². The summed E-state index contributed by atoms with van der Waals surface area (Å²) < 4.78 is 25.6. The van der Waals surface area contributed by atoms with Gasteiger partial charge in [0.15, 0.2) is 0 Å². The molecule has 0 unspecified atom stereocenters. The Kier molecular flexibility index (Phi) is 2.67. The van der Waals surface area contributed by atoms with Crippen molar-refractivity contribution in [3.8, 4) is 0 Å². The summed E-state index contributed by atoms with van der Waals surface area (Å²) in [5.41, 5.74) is 0.575. The molecule has 1 aliphatic rings. The molecule has 16 heavy (non-hydrogen) atoms. The molecule has 0 aliphatic heterocycles. The summed E-state index contributed by atoms with van der Waals surface area (Å²) in [7, 11) is -3.30. The highest BCUT2D eigenvalue weighted by Crippen LogP contribution is 2.33. The van der Waals surface area contributed by atoms with Gasteiger partial charge in [0.25, 0.3) is 0 Å².